The summed E-state index contributed by atoms with van der Waals surface area (Å²) in [6.45, 7) is 5.52. The van der Waals surface area contributed by atoms with Gasteiger partial charge >= 0.3 is 0 Å². The number of ether oxygens (including phenoxy) is 1. The molecule has 0 atom stereocenters. The third-order valence-electron chi connectivity index (χ3n) is 3.37. The molecule has 2 rings (SSSR count). The number of hydrogen-bond donors (Lipinski definition) is 2. The molecule has 2 aromatic rings. The van der Waals surface area contributed by atoms with Crippen LogP contribution < -0.4 is 4.74 Å². The van der Waals surface area contributed by atoms with E-state index in [1.54, 1.807) is 18.3 Å². The van der Waals surface area contributed by atoms with E-state index in [0.29, 0.717) is 24.4 Å². The van der Waals surface area contributed by atoms with E-state index in [1.807, 2.05) is 30.6 Å². The molecule has 0 aliphatic carbocycles. The smallest absolute Gasteiger partial charge is 0.166 e. The lowest BCUT2D eigenvalue weighted by molar-refractivity contribution is 0.373. The summed E-state index contributed by atoms with van der Waals surface area (Å²) in [4.78, 5) is 12.0. The lowest BCUT2D eigenvalue weighted by Crippen LogP contribution is -2.19. The Balaban J connectivity index is 1.93. The number of aliphatic imine (C=N–C) groups is 2. The van der Waals surface area contributed by atoms with Gasteiger partial charge in [-0.1, -0.05) is 19.9 Å². The molecule has 0 saturated carbocycles. The standard InChI is InChI=1S/C18H23N3O2/c1-18(2,13-20-11-15-7-5-9-21-15)12-19-10-14-6-4-8-16(23-3)17(14)22/h4-11,21-22H,12-13H2,1-3H3. The van der Waals surface area contributed by atoms with Crippen molar-refractivity contribution in [1.29, 1.82) is 0 Å². The van der Waals surface area contributed by atoms with Crippen LogP contribution in [0.3, 0.4) is 0 Å². The zero-order chi connectivity index (χ0) is 16.7. The first-order valence-electron chi connectivity index (χ1n) is 7.51. The first kappa shape index (κ1) is 16.8. The van der Waals surface area contributed by atoms with E-state index >= 15 is 0 Å². The van der Waals surface area contributed by atoms with Gasteiger partial charge in [0.1, 0.15) is 0 Å². The van der Waals surface area contributed by atoms with Gasteiger partial charge in [-0.25, -0.2) is 0 Å². The van der Waals surface area contributed by atoms with Crippen LogP contribution in [0, 0.1) is 5.41 Å². The number of hydrogen-bond acceptors (Lipinski definition) is 4. The Bertz CT molecular complexity index is 674. The summed E-state index contributed by atoms with van der Waals surface area (Å²) < 4.78 is 5.09. The van der Waals surface area contributed by atoms with Crippen LogP contribution in [0.2, 0.25) is 0 Å². The Hall–Kier alpha value is -2.56. The van der Waals surface area contributed by atoms with Gasteiger partial charge in [0.25, 0.3) is 0 Å². The summed E-state index contributed by atoms with van der Waals surface area (Å²) >= 11 is 0. The molecule has 1 aromatic carbocycles. The average molecular weight is 313 g/mol. The summed E-state index contributed by atoms with van der Waals surface area (Å²) in [5.74, 6) is 0.560. The third kappa shape index (κ3) is 4.98. The van der Waals surface area contributed by atoms with Crippen LogP contribution >= 0.6 is 0 Å². The Morgan fingerprint density at radius 1 is 1.13 bits per heavy atom. The zero-order valence-electron chi connectivity index (χ0n) is 13.8. The molecule has 5 heteroatoms. The third-order valence-corrected chi connectivity index (χ3v) is 3.37. The van der Waals surface area contributed by atoms with Gasteiger partial charge in [-0.2, -0.15) is 0 Å². The molecule has 0 aliphatic rings. The second-order valence-electron chi connectivity index (χ2n) is 6.13. The van der Waals surface area contributed by atoms with Crippen molar-refractivity contribution in [2.24, 2.45) is 15.4 Å². The molecule has 1 aromatic heterocycles. The maximum atomic E-state index is 10.0. The maximum absolute atomic E-state index is 10.0. The fraction of sp³-hybridized carbons (Fsp3) is 0.333. The second-order valence-corrected chi connectivity index (χ2v) is 6.13. The molecule has 0 radical (unpaired) electrons. The van der Waals surface area contributed by atoms with E-state index in [0.717, 1.165) is 5.69 Å². The summed E-state index contributed by atoms with van der Waals surface area (Å²) in [5, 5.41) is 10.0. The first-order chi connectivity index (χ1) is 11.0. The van der Waals surface area contributed by atoms with Gasteiger partial charge in [0.05, 0.1) is 12.8 Å². The SMILES string of the molecule is COc1cccc(C=NCC(C)(C)CN=Cc2ccc[nH]2)c1O. The minimum absolute atomic E-state index is 0.0614. The van der Waals surface area contributed by atoms with E-state index in [1.165, 1.54) is 7.11 Å². The summed E-state index contributed by atoms with van der Waals surface area (Å²) in [6, 6.07) is 9.26. The molecule has 0 fully saturated rings. The first-order valence-corrected chi connectivity index (χ1v) is 7.51. The number of methoxy groups -OCH3 is 1. The van der Waals surface area contributed by atoms with Gasteiger partial charge in [-0.15, -0.1) is 0 Å². The molecule has 122 valence electrons. The Morgan fingerprint density at radius 2 is 1.87 bits per heavy atom. The van der Waals surface area contributed by atoms with E-state index in [4.69, 9.17) is 4.74 Å². The van der Waals surface area contributed by atoms with Crippen molar-refractivity contribution in [3.8, 4) is 11.5 Å². The lowest BCUT2D eigenvalue weighted by Gasteiger charge is -2.19. The second kappa shape index (κ2) is 7.63. The summed E-state index contributed by atoms with van der Waals surface area (Å²) in [5.41, 5.74) is 1.58. The number of phenols is 1. The van der Waals surface area contributed by atoms with Gasteiger partial charge in [-0.3, -0.25) is 9.98 Å². The zero-order valence-corrected chi connectivity index (χ0v) is 13.8. The van der Waals surface area contributed by atoms with Crippen LogP contribution in [0.4, 0.5) is 0 Å². The molecule has 0 spiro atoms. The Morgan fingerprint density at radius 3 is 2.52 bits per heavy atom. The number of benzene rings is 1. The van der Waals surface area contributed by atoms with Crippen molar-refractivity contribution in [1.82, 2.24) is 4.98 Å². The predicted octanol–water partition coefficient (Wildman–Crippen LogP) is 3.29. The molecule has 0 aliphatic heterocycles. The van der Waals surface area contributed by atoms with Crippen molar-refractivity contribution >= 4 is 12.4 Å². The normalized spacial score (nSPS) is 12.3. The number of nitrogens with one attached hydrogen (secondary N) is 1. The van der Waals surface area contributed by atoms with Crippen LogP contribution in [0.25, 0.3) is 0 Å². The number of aromatic nitrogens is 1. The fourth-order valence-electron chi connectivity index (χ4n) is 2.06. The lowest BCUT2D eigenvalue weighted by atomic mass is 9.94. The molecule has 2 N–H and O–H groups in total. The minimum Gasteiger partial charge on any atom is -0.504 e. The summed E-state index contributed by atoms with van der Waals surface area (Å²) in [6.07, 6.45) is 5.38. The van der Waals surface area contributed by atoms with Crippen molar-refractivity contribution in [3.63, 3.8) is 0 Å². The van der Waals surface area contributed by atoms with E-state index in [9.17, 15) is 5.11 Å². The largest absolute Gasteiger partial charge is 0.504 e. The number of phenolic OH excluding ortho intramolecular Hbond substituents is 1. The highest BCUT2D eigenvalue weighted by atomic mass is 16.5. The van der Waals surface area contributed by atoms with Gasteiger partial charge in [0.2, 0.25) is 0 Å². The Kier molecular flexibility index (Phi) is 5.57. The van der Waals surface area contributed by atoms with Crippen LogP contribution in [0.1, 0.15) is 25.1 Å². The molecule has 23 heavy (non-hydrogen) atoms. The minimum atomic E-state index is -0.0614. The van der Waals surface area contributed by atoms with Crippen LogP contribution in [0.5, 0.6) is 11.5 Å². The van der Waals surface area contributed by atoms with E-state index in [2.05, 4.69) is 28.8 Å². The van der Waals surface area contributed by atoms with E-state index in [-0.39, 0.29) is 11.2 Å². The molecular formula is C18H23N3O2. The number of aromatic hydroxyl groups is 1. The molecule has 0 unspecified atom stereocenters. The maximum Gasteiger partial charge on any atom is 0.166 e. The Labute approximate surface area is 136 Å². The van der Waals surface area contributed by atoms with Gasteiger partial charge < -0.3 is 14.8 Å². The fourth-order valence-corrected chi connectivity index (χ4v) is 2.06. The van der Waals surface area contributed by atoms with E-state index < -0.39 is 0 Å². The molecule has 0 amide bonds. The number of aromatic amines is 1. The topological polar surface area (TPSA) is 70.0 Å². The van der Waals surface area contributed by atoms with Crippen molar-refractivity contribution in [3.05, 3.63) is 47.8 Å². The monoisotopic (exact) mass is 313 g/mol. The molecule has 5 nitrogen and oxygen atoms in total. The number of rotatable bonds is 7. The average Bonchev–Trinajstić information content (AvgIpc) is 3.02. The number of para-hydroxylation sites is 1. The van der Waals surface area contributed by atoms with Crippen LogP contribution in [0.15, 0.2) is 46.5 Å². The molecule has 0 bridgehead atoms. The molecule has 1 heterocycles. The summed E-state index contributed by atoms with van der Waals surface area (Å²) in [7, 11) is 1.53. The van der Waals surface area contributed by atoms with Gasteiger partial charge in [-0.05, 0) is 24.3 Å². The number of H-pyrrole nitrogens is 1. The highest BCUT2D eigenvalue weighted by Gasteiger charge is 2.16. The van der Waals surface area contributed by atoms with Crippen LogP contribution in [-0.2, 0) is 0 Å². The quantitative estimate of drug-likeness (QED) is 0.770. The highest BCUT2D eigenvalue weighted by molar-refractivity contribution is 5.84. The predicted molar refractivity (Wildman–Crippen MR) is 94.2 cm³/mol. The van der Waals surface area contributed by atoms with Crippen LogP contribution in [-0.4, -0.2) is 42.7 Å². The highest BCUT2D eigenvalue weighted by Crippen LogP contribution is 2.28. The van der Waals surface area contributed by atoms with Crippen molar-refractivity contribution < 1.29 is 9.84 Å². The van der Waals surface area contributed by atoms with Crippen molar-refractivity contribution in [2.75, 3.05) is 20.2 Å². The molecule has 0 saturated heterocycles. The van der Waals surface area contributed by atoms with Gasteiger partial charge in [0, 0.05) is 42.7 Å². The molecular weight excluding hydrogens is 290 g/mol. The number of nitrogens with zero attached hydrogens (tertiary/aromatic N) is 2. The van der Waals surface area contributed by atoms with Gasteiger partial charge in [0.15, 0.2) is 11.5 Å². The van der Waals surface area contributed by atoms with Crippen molar-refractivity contribution in [2.45, 2.75) is 13.8 Å².